The first-order chi connectivity index (χ1) is 14.5. The molecule has 1 amide bonds. The number of anilines is 1. The zero-order valence-corrected chi connectivity index (χ0v) is 19.2. The molecule has 6 nitrogen and oxygen atoms in total. The molecular formula is C23H30BrN3O3. The molecule has 0 unspecified atom stereocenters. The number of nitrogens with one attached hydrogen (secondary N) is 3. The highest BCUT2D eigenvalue weighted by molar-refractivity contribution is 9.10. The third-order valence-corrected chi connectivity index (χ3v) is 5.78. The number of aryl methyl sites for hydroxylation is 1. The fourth-order valence-corrected chi connectivity index (χ4v) is 4.10. The van der Waals surface area contributed by atoms with E-state index in [1.165, 1.54) is 12.8 Å². The summed E-state index contributed by atoms with van der Waals surface area (Å²) in [6.45, 7) is 5.89. The highest BCUT2D eigenvalue weighted by Gasteiger charge is 2.15. The number of benzene rings is 2. The average Bonchev–Trinajstić information content (AvgIpc) is 2.75. The van der Waals surface area contributed by atoms with Crippen molar-refractivity contribution in [1.29, 1.82) is 0 Å². The van der Waals surface area contributed by atoms with Gasteiger partial charge in [-0.15, -0.1) is 0 Å². The molecular weight excluding hydrogens is 446 g/mol. The van der Waals surface area contributed by atoms with Gasteiger partial charge in [0.1, 0.15) is 0 Å². The predicted octanol–water partition coefficient (Wildman–Crippen LogP) is 3.87. The maximum atomic E-state index is 12.2. The number of ether oxygens (including phenoxy) is 2. The summed E-state index contributed by atoms with van der Waals surface area (Å²) in [6, 6.07) is 11.6. The van der Waals surface area contributed by atoms with Gasteiger partial charge >= 0.3 is 0 Å². The summed E-state index contributed by atoms with van der Waals surface area (Å²) in [7, 11) is 1.60. The number of halogens is 1. The van der Waals surface area contributed by atoms with Gasteiger partial charge in [-0.05, 0) is 91.1 Å². The molecule has 1 fully saturated rings. The Bertz CT molecular complexity index is 836. The van der Waals surface area contributed by atoms with Gasteiger partial charge < -0.3 is 25.4 Å². The third kappa shape index (κ3) is 6.72. The molecule has 0 atom stereocenters. The second kappa shape index (κ2) is 11.3. The van der Waals surface area contributed by atoms with E-state index >= 15 is 0 Å². The number of amides is 1. The van der Waals surface area contributed by atoms with Crippen LogP contribution in [0.4, 0.5) is 5.69 Å². The fourth-order valence-electron chi connectivity index (χ4n) is 3.49. The van der Waals surface area contributed by atoms with Crippen LogP contribution in [0.1, 0.15) is 24.0 Å². The number of carbonyl (C=O) groups is 1. The predicted molar refractivity (Wildman–Crippen MR) is 123 cm³/mol. The molecule has 1 saturated heterocycles. The molecule has 1 aliphatic heterocycles. The molecule has 1 heterocycles. The van der Waals surface area contributed by atoms with Crippen molar-refractivity contribution in [2.45, 2.75) is 26.3 Å². The van der Waals surface area contributed by atoms with E-state index in [-0.39, 0.29) is 12.5 Å². The van der Waals surface area contributed by atoms with Crippen LogP contribution in [0.3, 0.4) is 0 Å². The van der Waals surface area contributed by atoms with Crippen molar-refractivity contribution >= 4 is 27.5 Å². The zero-order chi connectivity index (χ0) is 21.3. The Morgan fingerprint density at radius 2 is 1.93 bits per heavy atom. The summed E-state index contributed by atoms with van der Waals surface area (Å²) >= 11 is 3.56. The van der Waals surface area contributed by atoms with Crippen molar-refractivity contribution in [2.24, 2.45) is 5.92 Å². The van der Waals surface area contributed by atoms with E-state index in [0.29, 0.717) is 11.5 Å². The smallest absolute Gasteiger partial charge is 0.262 e. The van der Waals surface area contributed by atoms with E-state index in [1.54, 1.807) is 7.11 Å². The van der Waals surface area contributed by atoms with Crippen LogP contribution in [0.15, 0.2) is 40.9 Å². The average molecular weight is 476 g/mol. The quantitative estimate of drug-likeness (QED) is 0.513. The molecule has 7 heteroatoms. The molecule has 3 rings (SSSR count). The van der Waals surface area contributed by atoms with Gasteiger partial charge in [0.15, 0.2) is 18.1 Å². The molecule has 162 valence electrons. The molecule has 2 aromatic rings. The largest absolute Gasteiger partial charge is 0.493 e. The Morgan fingerprint density at radius 3 is 2.63 bits per heavy atom. The molecule has 0 saturated carbocycles. The van der Waals surface area contributed by atoms with Crippen molar-refractivity contribution in [3.63, 3.8) is 0 Å². The van der Waals surface area contributed by atoms with Crippen molar-refractivity contribution in [1.82, 2.24) is 10.6 Å². The number of methoxy groups -OCH3 is 1. The molecule has 0 spiro atoms. The lowest BCUT2D eigenvalue weighted by Crippen LogP contribution is -2.33. The lowest BCUT2D eigenvalue weighted by Gasteiger charge is -2.23. The Balaban J connectivity index is 1.53. The lowest BCUT2D eigenvalue weighted by molar-refractivity contribution is -0.118. The van der Waals surface area contributed by atoms with E-state index in [4.69, 9.17) is 9.47 Å². The van der Waals surface area contributed by atoms with Gasteiger partial charge in [0, 0.05) is 12.2 Å². The van der Waals surface area contributed by atoms with E-state index in [9.17, 15) is 4.79 Å². The standard InChI is InChI=1S/C23H30BrN3O3/c1-16-3-5-19(6-4-16)27-22(28)15-30-23-20(24)11-18(12-21(23)29-2)14-26-13-17-7-9-25-10-8-17/h3-6,11-12,17,25-26H,7-10,13-15H2,1-2H3,(H,27,28). The van der Waals surface area contributed by atoms with Gasteiger partial charge in [-0.2, -0.15) is 0 Å². The minimum Gasteiger partial charge on any atom is -0.493 e. The number of hydrogen-bond acceptors (Lipinski definition) is 5. The first-order valence-corrected chi connectivity index (χ1v) is 11.1. The second-order valence-electron chi connectivity index (χ2n) is 7.64. The Morgan fingerprint density at radius 1 is 1.20 bits per heavy atom. The third-order valence-electron chi connectivity index (χ3n) is 5.19. The first kappa shape index (κ1) is 22.6. The van der Waals surface area contributed by atoms with Crippen molar-refractivity contribution in [3.05, 3.63) is 52.0 Å². The van der Waals surface area contributed by atoms with Crippen LogP contribution < -0.4 is 25.4 Å². The van der Waals surface area contributed by atoms with Gasteiger partial charge in [-0.25, -0.2) is 0 Å². The lowest BCUT2D eigenvalue weighted by atomic mass is 9.98. The van der Waals surface area contributed by atoms with Gasteiger partial charge in [0.05, 0.1) is 11.6 Å². The zero-order valence-electron chi connectivity index (χ0n) is 17.6. The minimum atomic E-state index is -0.222. The molecule has 0 aromatic heterocycles. The van der Waals surface area contributed by atoms with E-state index in [0.717, 1.165) is 53.4 Å². The Labute approximate surface area is 186 Å². The molecule has 0 bridgehead atoms. The maximum Gasteiger partial charge on any atom is 0.262 e. The van der Waals surface area contributed by atoms with Crippen molar-refractivity contribution < 1.29 is 14.3 Å². The molecule has 0 aliphatic carbocycles. The van der Waals surface area contributed by atoms with Crippen LogP contribution in [0.5, 0.6) is 11.5 Å². The molecule has 2 aromatic carbocycles. The number of carbonyl (C=O) groups excluding carboxylic acids is 1. The van der Waals surface area contributed by atoms with Gasteiger partial charge in [-0.3, -0.25) is 4.79 Å². The maximum absolute atomic E-state index is 12.2. The van der Waals surface area contributed by atoms with Crippen LogP contribution >= 0.6 is 15.9 Å². The summed E-state index contributed by atoms with van der Waals surface area (Å²) in [4.78, 5) is 12.2. The fraction of sp³-hybridized carbons (Fsp3) is 0.435. The van der Waals surface area contributed by atoms with Crippen molar-refractivity contribution in [3.8, 4) is 11.5 Å². The van der Waals surface area contributed by atoms with Crippen LogP contribution in [-0.2, 0) is 11.3 Å². The monoisotopic (exact) mass is 475 g/mol. The summed E-state index contributed by atoms with van der Waals surface area (Å²) in [5.74, 6) is 1.64. The molecule has 0 radical (unpaired) electrons. The summed E-state index contributed by atoms with van der Waals surface area (Å²) in [5, 5.41) is 9.77. The van der Waals surface area contributed by atoms with Crippen LogP contribution in [-0.4, -0.2) is 39.3 Å². The topological polar surface area (TPSA) is 71.6 Å². The molecule has 3 N–H and O–H groups in total. The van der Waals surface area contributed by atoms with E-state index in [1.807, 2.05) is 43.3 Å². The highest BCUT2D eigenvalue weighted by Crippen LogP contribution is 2.36. The van der Waals surface area contributed by atoms with Crippen LogP contribution in [0, 0.1) is 12.8 Å². The van der Waals surface area contributed by atoms with Crippen LogP contribution in [0.25, 0.3) is 0 Å². The van der Waals surface area contributed by atoms with E-state index < -0.39 is 0 Å². The van der Waals surface area contributed by atoms with Crippen LogP contribution in [0.2, 0.25) is 0 Å². The van der Waals surface area contributed by atoms with Gasteiger partial charge in [0.2, 0.25) is 0 Å². The Hall–Kier alpha value is -2.09. The summed E-state index contributed by atoms with van der Waals surface area (Å²) in [5.41, 5.74) is 2.99. The Kier molecular flexibility index (Phi) is 8.54. The van der Waals surface area contributed by atoms with Gasteiger partial charge in [-0.1, -0.05) is 17.7 Å². The number of hydrogen-bond donors (Lipinski definition) is 3. The second-order valence-corrected chi connectivity index (χ2v) is 8.49. The van der Waals surface area contributed by atoms with Crippen molar-refractivity contribution in [2.75, 3.05) is 38.7 Å². The first-order valence-electron chi connectivity index (χ1n) is 10.3. The molecule has 1 aliphatic rings. The SMILES string of the molecule is COc1cc(CNCC2CCNCC2)cc(Br)c1OCC(=O)Nc1ccc(C)cc1. The minimum absolute atomic E-state index is 0.101. The van der Waals surface area contributed by atoms with E-state index in [2.05, 4.69) is 31.9 Å². The normalized spacial score (nSPS) is 14.4. The summed E-state index contributed by atoms with van der Waals surface area (Å²) in [6.07, 6.45) is 2.44. The summed E-state index contributed by atoms with van der Waals surface area (Å²) < 4.78 is 12.0. The number of piperidine rings is 1. The highest BCUT2D eigenvalue weighted by atomic mass is 79.9. The molecule has 30 heavy (non-hydrogen) atoms. The number of rotatable bonds is 9. The van der Waals surface area contributed by atoms with Gasteiger partial charge in [0.25, 0.3) is 5.91 Å².